The zero-order valence-electron chi connectivity index (χ0n) is 12.3. The van der Waals surface area contributed by atoms with Crippen LogP contribution in [0.25, 0.3) is 0 Å². The van der Waals surface area contributed by atoms with E-state index < -0.39 is 0 Å². The molecule has 0 radical (unpaired) electrons. The van der Waals surface area contributed by atoms with E-state index >= 15 is 0 Å². The molecule has 6 nitrogen and oxygen atoms in total. The lowest BCUT2D eigenvalue weighted by Gasteiger charge is -2.30. The number of nitrogens with zero attached hydrogens (tertiary/aromatic N) is 1. The van der Waals surface area contributed by atoms with Crippen LogP contribution in [0.2, 0.25) is 0 Å². The summed E-state index contributed by atoms with van der Waals surface area (Å²) in [6, 6.07) is 7.79. The highest BCUT2D eigenvalue weighted by molar-refractivity contribution is 6.02. The van der Waals surface area contributed by atoms with Crippen molar-refractivity contribution in [2.75, 3.05) is 63.5 Å². The van der Waals surface area contributed by atoms with Crippen molar-refractivity contribution >= 4 is 17.3 Å². The van der Waals surface area contributed by atoms with Gasteiger partial charge < -0.3 is 24.4 Å². The minimum Gasteiger partial charge on any atom is -0.382 e. The molecule has 1 aromatic rings. The summed E-state index contributed by atoms with van der Waals surface area (Å²) in [6.45, 7) is 3.59. The van der Waals surface area contributed by atoms with Crippen molar-refractivity contribution in [3.8, 4) is 0 Å². The molecule has 1 N–H and O–H groups in total. The van der Waals surface area contributed by atoms with Crippen LogP contribution in [0.1, 0.15) is 0 Å². The summed E-state index contributed by atoms with van der Waals surface area (Å²) in [4.78, 5) is 13.7. The summed E-state index contributed by atoms with van der Waals surface area (Å²) >= 11 is 0. The lowest BCUT2D eigenvalue weighted by atomic mass is 10.2. The van der Waals surface area contributed by atoms with Gasteiger partial charge in [0.25, 0.3) is 0 Å². The van der Waals surface area contributed by atoms with Crippen molar-refractivity contribution in [3.05, 3.63) is 24.3 Å². The van der Waals surface area contributed by atoms with Gasteiger partial charge in [-0.05, 0) is 12.1 Å². The summed E-state index contributed by atoms with van der Waals surface area (Å²) in [5.74, 6) is 0.0636. The molecule has 0 saturated carbocycles. The van der Waals surface area contributed by atoms with E-state index in [4.69, 9.17) is 14.2 Å². The number of hydrogen-bond donors (Lipinski definition) is 1. The van der Waals surface area contributed by atoms with Crippen molar-refractivity contribution in [2.45, 2.75) is 0 Å². The number of carbonyl (C=O) groups is 1. The fraction of sp³-hybridized carbons (Fsp3) is 0.533. The molecule has 0 saturated heterocycles. The van der Waals surface area contributed by atoms with Gasteiger partial charge in [0, 0.05) is 13.7 Å². The van der Waals surface area contributed by atoms with Crippen LogP contribution in [0.5, 0.6) is 0 Å². The predicted octanol–water partition coefficient (Wildman–Crippen LogP) is 1.12. The van der Waals surface area contributed by atoms with Crippen LogP contribution in [0.15, 0.2) is 24.3 Å². The van der Waals surface area contributed by atoms with Crippen molar-refractivity contribution in [1.82, 2.24) is 0 Å². The molecule has 1 aliphatic rings. The zero-order chi connectivity index (χ0) is 14.9. The van der Waals surface area contributed by atoms with Crippen LogP contribution < -0.4 is 10.2 Å². The molecule has 1 amide bonds. The number of para-hydroxylation sites is 2. The topological polar surface area (TPSA) is 60.0 Å². The van der Waals surface area contributed by atoms with E-state index in [-0.39, 0.29) is 5.91 Å². The lowest BCUT2D eigenvalue weighted by molar-refractivity contribution is -0.117. The fourth-order valence-electron chi connectivity index (χ4n) is 2.12. The number of amides is 1. The monoisotopic (exact) mass is 294 g/mol. The molecule has 0 aliphatic carbocycles. The Morgan fingerprint density at radius 2 is 1.81 bits per heavy atom. The maximum atomic E-state index is 12.0. The Morgan fingerprint density at radius 3 is 2.62 bits per heavy atom. The minimum absolute atomic E-state index is 0.0636. The summed E-state index contributed by atoms with van der Waals surface area (Å²) in [5, 5.41) is 3.11. The number of rotatable bonds is 9. The first-order valence-corrected chi connectivity index (χ1v) is 7.10. The Balaban J connectivity index is 1.70. The van der Waals surface area contributed by atoms with Gasteiger partial charge in [-0.1, -0.05) is 12.1 Å². The van der Waals surface area contributed by atoms with Crippen LogP contribution in [-0.2, 0) is 19.0 Å². The Labute approximate surface area is 125 Å². The van der Waals surface area contributed by atoms with Crippen LogP contribution in [0.3, 0.4) is 0 Å². The normalized spacial score (nSPS) is 14.0. The number of carbonyl (C=O) groups excluding carboxylic acids is 1. The number of hydrogen-bond acceptors (Lipinski definition) is 5. The molecule has 116 valence electrons. The van der Waals surface area contributed by atoms with E-state index in [1.54, 1.807) is 12.0 Å². The molecule has 0 fully saturated rings. The fourth-order valence-corrected chi connectivity index (χ4v) is 2.12. The van der Waals surface area contributed by atoms with Crippen LogP contribution in [-0.4, -0.2) is 59.1 Å². The van der Waals surface area contributed by atoms with Gasteiger partial charge in [0.2, 0.25) is 5.91 Å². The molecular weight excluding hydrogens is 272 g/mol. The predicted molar refractivity (Wildman–Crippen MR) is 80.8 cm³/mol. The van der Waals surface area contributed by atoms with Gasteiger partial charge in [-0.3, -0.25) is 4.79 Å². The third-order valence-corrected chi connectivity index (χ3v) is 3.19. The Bertz CT molecular complexity index is 453. The molecule has 1 aliphatic heterocycles. The average molecular weight is 294 g/mol. The number of ether oxygens (including phenoxy) is 3. The van der Waals surface area contributed by atoms with E-state index in [0.717, 1.165) is 11.4 Å². The smallest absolute Gasteiger partial charge is 0.246 e. The SMILES string of the molecule is COCCOCCOCCN1C(=O)CNc2ccccc21. The van der Waals surface area contributed by atoms with E-state index in [1.165, 1.54) is 0 Å². The van der Waals surface area contributed by atoms with Gasteiger partial charge in [-0.2, -0.15) is 0 Å². The number of benzene rings is 1. The van der Waals surface area contributed by atoms with Gasteiger partial charge in [0.15, 0.2) is 0 Å². The molecule has 0 aromatic heterocycles. The average Bonchev–Trinajstić information content (AvgIpc) is 2.51. The van der Waals surface area contributed by atoms with Gasteiger partial charge >= 0.3 is 0 Å². The van der Waals surface area contributed by atoms with Crippen LogP contribution >= 0.6 is 0 Å². The summed E-state index contributed by atoms with van der Waals surface area (Å²) < 4.78 is 15.7. The zero-order valence-corrected chi connectivity index (χ0v) is 12.3. The first kappa shape index (κ1) is 15.8. The summed E-state index contributed by atoms with van der Waals surface area (Å²) in [7, 11) is 1.64. The Kier molecular flexibility index (Phi) is 6.46. The third-order valence-electron chi connectivity index (χ3n) is 3.19. The van der Waals surface area contributed by atoms with Gasteiger partial charge in [0.1, 0.15) is 0 Å². The second-order valence-electron chi connectivity index (χ2n) is 4.63. The molecule has 2 rings (SSSR count). The lowest BCUT2D eigenvalue weighted by Crippen LogP contribution is -2.41. The van der Waals surface area contributed by atoms with E-state index in [1.807, 2.05) is 24.3 Å². The quantitative estimate of drug-likeness (QED) is 0.692. The number of fused-ring (bicyclic) bond motifs is 1. The number of methoxy groups -OCH3 is 1. The molecule has 6 heteroatoms. The Morgan fingerprint density at radius 1 is 1.10 bits per heavy atom. The minimum atomic E-state index is 0.0636. The first-order chi connectivity index (χ1) is 10.3. The van der Waals surface area contributed by atoms with Crippen LogP contribution in [0.4, 0.5) is 11.4 Å². The summed E-state index contributed by atoms with van der Waals surface area (Å²) in [5.41, 5.74) is 1.90. The molecule has 0 atom stereocenters. The highest BCUT2D eigenvalue weighted by Crippen LogP contribution is 2.28. The van der Waals surface area contributed by atoms with Crippen molar-refractivity contribution in [1.29, 1.82) is 0 Å². The molecule has 21 heavy (non-hydrogen) atoms. The molecular formula is C15H22N2O4. The molecule has 0 spiro atoms. The van der Waals surface area contributed by atoms with Crippen molar-refractivity contribution in [3.63, 3.8) is 0 Å². The van der Waals surface area contributed by atoms with Crippen molar-refractivity contribution in [2.24, 2.45) is 0 Å². The van der Waals surface area contributed by atoms with E-state index in [9.17, 15) is 4.79 Å². The molecule has 0 unspecified atom stereocenters. The maximum Gasteiger partial charge on any atom is 0.246 e. The van der Waals surface area contributed by atoms with Gasteiger partial charge in [0.05, 0.1) is 51.0 Å². The second kappa shape index (κ2) is 8.61. The van der Waals surface area contributed by atoms with Gasteiger partial charge in [-0.25, -0.2) is 0 Å². The molecule has 1 heterocycles. The van der Waals surface area contributed by atoms with Crippen LogP contribution in [0, 0.1) is 0 Å². The maximum absolute atomic E-state index is 12.0. The molecule has 1 aromatic carbocycles. The first-order valence-electron chi connectivity index (χ1n) is 7.10. The van der Waals surface area contributed by atoms with E-state index in [2.05, 4.69) is 5.32 Å². The van der Waals surface area contributed by atoms with E-state index in [0.29, 0.717) is 46.1 Å². The Hall–Kier alpha value is -1.63. The number of anilines is 2. The largest absolute Gasteiger partial charge is 0.382 e. The summed E-state index contributed by atoms with van der Waals surface area (Å²) in [6.07, 6.45) is 0. The third kappa shape index (κ3) is 4.70. The standard InChI is InChI=1S/C15H22N2O4/c1-19-8-9-21-11-10-20-7-6-17-14-5-3-2-4-13(14)16-12-15(17)18/h2-5,16H,6-12H2,1H3. The highest BCUT2D eigenvalue weighted by atomic mass is 16.5. The van der Waals surface area contributed by atoms with Crippen molar-refractivity contribution < 1.29 is 19.0 Å². The second-order valence-corrected chi connectivity index (χ2v) is 4.63. The highest BCUT2D eigenvalue weighted by Gasteiger charge is 2.22. The van der Waals surface area contributed by atoms with Gasteiger partial charge in [-0.15, -0.1) is 0 Å². The molecule has 0 bridgehead atoms. The number of nitrogens with one attached hydrogen (secondary N) is 1.